The Kier molecular flexibility index (Phi) is 5.96. The lowest BCUT2D eigenvalue weighted by Gasteiger charge is -2.39. The number of nitrogens with zero attached hydrogens (tertiary/aromatic N) is 3. The Morgan fingerprint density at radius 2 is 1.77 bits per heavy atom. The Balaban J connectivity index is 1.59. The molecule has 2 atom stereocenters. The molecule has 0 bridgehead atoms. The van der Waals surface area contributed by atoms with Gasteiger partial charge in [0, 0.05) is 39.3 Å². The van der Waals surface area contributed by atoms with E-state index in [1.807, 2.05) is 13.8 Å². The summed E-state index contributed by atoms with van der Waals surface area (Å²) >= 11 is 0. The van der Waals surface area contributed by atoms with Crippen molar-refractivity contribution in [3.05, 3.63) is 30.3 Å². The van der Waals surface area contributed by atoms with Gasteiger partial charge in [0.25, 0.3) is 0 Å². The second-order valence-corrected chi connectivity index (χ2v) is 8.83. The highest BCUT2D eigenvalue weighted by atomic mass is 32.2. The Hall–Kier alpha value is -1.48. The van der Waals surface area contributed by atoms with Gasteiger partial charge < -0.3 is 9.64 Å². The van der Waals surface area contributed by atoms with E-state index in [1.54, 1.807) is 35.2 Å². The van der Waals surface area contributed by atoms with Gasteiger partial charge in [-0.25, -0.2) is 8.42 Å². The first-order chi connectivity index (χ1) is 12.4. The summed E-state index contributed by atoms with van der Waals surface area (Å²) in [5, 5.41) is 0. The van der Waals surface area contributed by atoms with E-state index in [1.165, 1.54) is 4.31 Å². The van der Waals surface area contributed by atoms with Gasteiger partial charge in [-0.3, -0.25) is 9.69 Å². The van der Waals surface area contributed by atoms with Crippen LogP contribution in [0.3, 0.4) is 0 Å². The summed E-state index contributed by atoms with van der Waals surface area (Å²) in [5.74, 6) is 0.0656. The van der Waals surface area contributed by atoms with Crippen LogP contribution >= 0.6 is 0 Å². The molecule has 2 aliphatic heterocycles. The second-order valence-electron chi connectivity index (χ2n) is 6.89. The van der Waals surface area contributed by atoms with Crippen molar-refractivity contribution in [2.24, 2.45) is 0 Å². The summed E-state index contributed by atoms with van der Waals surface area (Å²) in [7, 11) is -3.49. The first kappa shape index (κ1) is 19.3. The fraction of sp³-hybridized carbons (Fsp3) is 0.611. The van der Waals surface area contributed by atoms with Crippen LogP contribution in [0.4, 0.5) is 0 Å². The molecular weight excluding hydrogens is 354 g/mol. The van der Waals surface area contributed by atoms with Gasteiger partial charge in [0.1, 0.15) is 0 Å². The fourth-order valence-corrected chi connectivity index (χ4v) is 4.95. The normalized spacial score (nSPS) is 24.4. The summed E-state index contributed by atoms with van der Waals surface area (Å²) in [5.41, 5.74) is 0. The molecule has 1 aromatic rings. The highest BCUT2D eigenvalue weighted by molar-refractivity contribution is 7.89. The lowest BCUT2D eigenvalue weighted by Crippen LogP contribution is -2.57. The molecule has 2 fully saturated rings. The number of hydrogen-bond acceptors (Lipinski definition) is 5. The van der Waals surface area contributed by atoms with Gasteiger partial charge in [-0.2, -0.15) is 4.31 Å². The van der Waals surface area contributed by atoms with Gasteiger partial charge in [-0.1, -0.05) is 18.2 Å². The maximum Gasteiger partial charge on any atom is 0.243 e. The standard InChI is InChI=1S/C18H27N3O4S/c1-15-14-20(12-13-25-15)16(2)18(22)19-8-10-21(11-9-19)26(23,24)17-6-4-3-5-7-17/h3-7,15-16H,8-14H2,1-2H3/t15-,16-/m0/s1. The predicted octanol–water partition coefficient (Wildman–Crippen LogP) is 0.629. The molecule has 0 unspecified atom stereocenters. The van der Waals surface area contributed by atoms with E-state index in [2.05, 4.69) is 4.90 Å². The highest BCUT2D eigenvalue weighted by Crippen LogP contribution is 2.18. The summed E-state index contributed by atoms with van der Waals surface area (Å²) in [6.45, 7) is 7.58. The number of benzene rings is 1. The minimum atomic E-state index is -3.49. The van der Waals surface area contributed by atoms with Crippen LogP contribution in [0.5, 0.6) is 0 Å². The number of morpholine rings is 1. The lowest BCUT2D eigenvalue weighted by molar-refractivity contribution is -0.140. The molecule has 1 amide bonds. The van der Waals surface area contributed by atoms with Gasteiger partial charge in [0.05, 0.1) is 23.6 Å². The SMILES string of the molecule is C[C@H]1CN([C@@H](C)C(=O)N2CCN(S(=O)(=O)c3ccccc3)CC2)CCO1. The Morgan fingerprint density at radius 1 is 1.12 bits per heavy atom. The molecule has 8 heteroatoms. The van der Waals surface area contributed by atoms with Crippen molar-refractivity contribution in [3.63, 3.8) is 0 Å². The molecule has 26 heavy (non-hydrogen) atoms. The number of ether oxygens (including phenoxy) is 1. The molecule has 2 aliphatic rings. The van der Waals surface area contributed by atoms with Crippen molar-refractivity contribution in [1.29, 1.82) is 0 Å². The number of carbonyl (C=O) groups is 1. The van der Waals surface area contributed by atoms with Crippen molar-refractivity contribution in [2.75, 3.05) is 45.9 Å². The van der Waals surface area contributed by atoms with Crippen LogP contribution in [0.2, 0.25) is 0 Å². The molecular formula is C18H27N3O4S. The summed E-state index contributed by atoms with van der Waals surface area (Å²) in [6.07, 6.45) is 0.131. The zero-order chi connectivity index (χ0) is 18.7. The molecule has 3 rings (SSSR count). The predicted molar refractivity (Wildman–Crippen MR) is 98.2 cm³/mol. The van der Waals surface area contributed by atoms with E-state index < -0.39 is 10.0 Å². The topological polar surface area (TPSA) is 70.2 Å². The minimum absolute atomic E-state index is 0.0656. The second kappa shape index (κ2) is 8.04. The Bertz CT molecular complexity index is 717. The number of amides is 1. The van der Waals surface area contributed by atoms with Crippen LogP contribution in [-0.2, 0) is 19.6 Å². The lowest BCUT2D eigenvalue weighted by atomic mass is 10.2. The van der Waals surface area contributed by atoms with Gasteiger partial charge in [-0.15, -0.1) is 0 Å². The summed E-state index contributed by atoms with van der Waals surface area (Å²) in [4.78, 5) is 17.0. The average Bonchev–Trinajstić information content (AvgIpc) is 2.67. The fourth-order valence-electron chi connectivity index (χ4n) is 3.51. The monoisotopic (exact) mass is 381 g/mol. The van der Waals surface area contributed by atoms with E-state index in [0.29, 0.717) is 37.7 Å². The molecule has 0 N–H and O–H groups in total. The Labute approximate surface area is 155 Å². The summed E-state index contributed by atoms with van der Waals surface area (Å²) in [6, 6.07) is 8.24. The third-order valence-corrected chi connectivity index (χ3v) is 7.02. The molecule has 2 saturated heterocycles. The smallest absolute Gasteiger partial charge is 0.243 e. The third kappa shape index (κ3) is 4.09. The van der Waals surface area contributed by atoms with Crippen molar-refractivity contribution >= 4 is 15.9 Å². The number of hydrogen-bond donors (Lipinski definition) is 0. The van der Waals surface area contributed by atoms with Crippen LogP contribution in [0.25, 0.3) is 0 Å². The molecule has 0 aliphatic carbocycles. The van der Waals surface area contributed by atoms with Gasteiger partial charge in [-0.05, 0) is 26.0 Å². The minimum Gasteiger partial charge on any atom is -0.376 e. The van der Waals surface area contributed by atoms with Gasteiger partial charge in [0.2, 0.25) is 15.9 Å². The van der Waals surface area contributed by atoms with Crippen molar-refractivity contribution in [1.82, 2.24) is 14.1 Å². The molecule has 2 heterocycles. The first-order valence-corrected chi connectivity index (χ1v) is 10.5. The van der Waals surface area contributed by atoms with Crippen LogP contribution in [-0.4, -0.2) is 86.5 Å². The molecule has 0 aromatic heterocycles. The first-order valence-electron chi connectivity index (χ1n) is 9.09. The van der Waals surface area contributed by atoms with Crippen LogP contribution in [0.1, 0.15) is 13.8 Å². The van der Waals surface area contributed by atoms with E-state index >= 15 is 0 Å². The molecule has 0 saturated carbocycles. The number of carbonyl (C=O) groups excluding carboxylic acids is 1. The molecule has 144 valence electrons. The van der Waals surface area contributed by atoms with Crippen LogP contribution < -0.4 is 0 Å². The molecule has 0 spiro atoms. The van der Waals surface area contributed by atoms with E-state index in [9.17, 15) is 13.2 Å². The third-order valence-electron chi connectivity index (χ3n) is 5.11. The van der Waals surface area contributed by atoms with Crippen LogP contribution in [0.15, 0.2) is 35.2 Å². The maximum atomic E-state index is 12.8. The molecule has 1 aromatic carbocycles. The van der Waals surface area contributed by atoms with E-state index in [-0.39, 0.29) is 18.1 Å². The highest BCUT2D eigenvalue weighted by Gasteiger charge is 2.33. The Morgan fingerprint density at radius 3 is 2.38 bits per heavy atom. The zero-order valence-electron chi connectivity index (χ0n) is 15.4. The number of piperazine rings is 1. The zero-order valence-corrected chi connectivity index (χ0v) is 16.2. The van der Waals surface area contributed by atoms with Crippen molar-refractivity contribution < 1.29 is 17.9 Å². The van der Waals surface area contributed by atoms with E-state index in [0.717, 1.165) is 13.1 Å². The average molecular weight is 381 g/mol. The van der Waals surface area contributed by atoms with Gasteiger partial charge in [0.15, 0.2) is 0 Å². The summed E-state index contributed by atoms with van der Waals surface area (Å²) < 4.78 is 32.4. The molecule has 0 radical (unpaired) electrons. The number of rotatable bonds is 4. The van der Waals surface area contributed by atoms with Crippen molar-refractivity contribution in [2.45, 2.75) is 30.9 Å². The van der Waals surface area contributed by atoms with Crippen molar-refractivity contribution in [3.8, 4) is 0 Å². The maximum absolute atomic E-state index is 12.8. The van der Waals surface area contributed by atoms with Gasteiger partial charge >= 0.3 is 0 Å². The largest absolute Gasteiger partial charge is 0.376 e. The number of sulfonamides is 1. The molecule has 7 nitrogen and oxygen atoms in total. The van der Waals surface area contributed by atoms with E-state index in [4.69, 9.17) is 4.74 Å². The quantitative estimate of drug-likeness (QED) is 0.765. The van der Waals surface area contributed by atoms with Crippen LogP contribution in [0, 0.1) is 0 Å².